The first-order valence-corrected chi connectivity index (χ1v) is 11.3. The van der Waals surface area contributed by atoms with Crippen LogP contribution in [0.2, 0.25) is 0 Å². The van der Waals surface area contributed by atoms with Gasteiger partial charge in [0.25, 0.3) is 0 Å². The van der Waals surface area contributed by atoms with Crippen molar-refractivity contribution in [3.05, 3.63) is 35.2 Å². The van der Waals surface area contributed by atoms with E-state index in [2.05, 4.69) is 0 Å². The van der Waals surface area contributed by atoms with Crippen LogP contribution >= 0.6 is 11.3 Å². The third kappa shape index (κ3) is 5.86. The molecule has 4 atom stereocenters. The maximum atomic E-state index is 14.5. The van der Waals surface area contributed by atoms with E-state index in [9.17, 15) is 19.1 Å². The summed E-state index contributed by atoms with van der Waals surface area (Å²) in [6.45, 7) is 0. The molecule has 1 aliphatic rings. The Bertz CT molecular complexity index is 800. The number of carboxylic acids is 1. The van der Waals surface area contributed by atoms with Crippen LogP contribution in [0.15, 0.2) is 30.3 Å². The summed E-state index contributed by atoms with van der Waals surface area (Å²) < 4.78 is 15.6. The van der Waals surface area contributed by atoms with Crippen LogP contribution in [0, 0.1) is 11.8 Å². The number of thiophene rings is 1. The normalized spacial score (nSPS) is 23.0. The molecular formula is C23H29FO4S. The van der Waals surface area contributed by atoms with Gasteiger partial charge in [-0.1, -0.05) is 37.5 Å². The molecule has 3 rings (SSSR count). The molecule has 1 aromatic carbocycles. The Kier molecular flexibility index (Phi) is 7.78. The molecule has 0 saturated heterocycles. The number of rotatable bonds is 11. The highest BCUT2D eigenvalue weighted by Crippen LogP contribution is 2.40. The van der Waals surface area contributed by atoms with E-state index in [1.54, 1.807) is 11.3 Å². The lowest BCUT2D eigenvalue weighted by atomic mass is 9.85. The molecule has 1 aliphatic carbocycles. The number of unbranched alkanes of at least 4 members (excludes halogenated alkanes) is 3. The van der Waals surface area contributed by atoms with Gasteiger partial charge in [0.05, 0.1) is 6.10 Å². The zero-order valence-electron chi connectivity index (χ0n) is 16.6. The zero-order chi connectivity index (χ0) is 20.8. The van der Waals surface area contributed by atoms with Crippen LogP contribution in [0.1, 0.15) is 68.8 Å². The molecule has 6 heteroatoms. The lowest BCUT2D eigenvalue weighted by molar-refractivity contribution is -0.137. The van der Waals surface area contributed by atoms with E-state index in [-0.39, 0.29) is 30.5 Å². The van der Waals surface area contributed by atoms with E-state index in [1.165, 1.54) is 0 Å². The Balaban J connectivity index is 1.49. The van der Waals surface area contributed by atoms with Gasteiger partial charge in [0.2, 0.25) is 0 Å². The standard InChI is InChI=1S/C23H29FO4S/c24-18-14-20(26)17(8-3-1-2-4-10-23(27)28)16(18)11-12-19(25)22-13-15-7-5-6-9-21(15)29-22/h5-7,9,13,16-19,25H,1-4,8,10-12,14H2,(H,27,28). The van der Waals surface area contributed by atoms with Crippen molar-refractivity contribution in [2.24, 2.45) is 11.8 Å². The molecule has 2 aromatic rings. The SMILES string of the molecule is O=C(O)CCCCCCC1C(=O)CC(F)C1CCC(O)c1cc2ccccc2s1. The second-order valence-corrected chi connectivity index (χ2v) is 9.20. The number of hydrogen-bond acceptors (Lipinski definition) is 4. The number of fused-ring (bicyclic) bond motifs is 1. The maximum Gasteiger partial charge on any atom is 0.303 e. The van der Waals surface area contributed by atoms with Crippen molar-refractivity contribution in [2.45, 2.75) is 70.1 Å². The predicted octanol–water partition coefficient (Wildman–Crippen LogP) is 5.68. The Morgan fingerprint density at radius 1 is 1.17 bits per heavy atom. The summed E-state index contributed by atoms with van der Waals surface area (Å²) in [5.41, 5.74) is 0. The van der Waals surface area contributed by atoms with Gasteiger partial charge in [-0.05, 0) is 43.2 Å². The molecule has 0 bridgehead atoms. The highest BCUT2D eigenvalue weighted by Gasteiger charge is 2.42. The summed E-state index contributed by atoms with van der Waals surface area (Å²) >= 11 is 1.56. The second kappa shape index (κ2) is 10.3. The first kappa shape index (κ1) is 21.9. The van der Waals surface area contributed by atoms with Crippen LogP contribution < -0.4 is 0 Å². The summed E-state index contributed by atoms with van der Waals surface area (Å²) in [7, 11) is 0. The number of benzene rings is 1. The molecule has 4 nitrogen and oxygen atoms in total. The van der Waals surface area contributed by atoms with Gasteiger partial charge in [0.1, 0.15) is 12.0 Å². The minimum absolute atomic E-state index is 0.00406. The molecule has 0 radical (unpaired) electrons. The van der Waals surface area contributed by atoms with Crippen molar-refractivity contribution in [1.29, 1.82) is 0 Å². The van der Waals surface area contributed by atoms with Gasteiger partial charge in [0.15, 0.2) is 0 Å². The van der Waals surface area contributed by atoms with Crippen molar-refractivity contribution in [3.8, 4) is 0 Å². The quantitative estimate of drug-likeness (QED) is 0.458. The lowest BCUT2D eigenvalue weighted by Crippen LogP contribution is -2.19. The fourth-order valence-electron chi connectivity index (χ4n) is 4.40. The number of carboxylic acid groups (broad SMARTS) is 1. The smallest absolute Gasteiger partial charge is 0.303 e. The lowest BCUT2D eigenvalue weighted by Gasteiger charge is -2.21. The minimum atomic E-state index is -1.12. The molecular weight excluding hydrogens is 391 g/mol. The number of aliphatic hydroxyl groups is 1. The second-order valence-electron chi connectivity index (χ2n) is 8.08. The number of aliphatic carboxylic acids is 1. The van der Waals surface area contributed by atoms with Gasteiger partial charge in [-0.25, -0.2) is 4.39 Å². The Labute approximate surface area is 174 Å². The fourth-order valence-corrected chi connectivity index (χ4v) is 5.48. The molecule has 4 unspecified atom stereocenters. The predicted molar refractivity (Wildman–Crippen MR) is 113 cm³/mol. The Morgan fingerprint density at radius 2 is 1.93 bits per heavy atom. The molecule has 1 fully saturated rings. The maximum absolute atomic E-state index is 14.5. The largest absolute Gasteiger partial charge is 0.481 e. The monoisotopic (exact) mass is 420 g/mol. The van der Waals surface area contributed by atoms with Crippen LogP contribution in [0.4, 0.5) is 4.39 Å². The van der Waals surface area contributed by atoms with E-state index in [0.717, 1.165) is 34.2 Å². The number of carbonyl (C=O) groups is 2. The summed E-state index contributed by atoms with van der Waals surface area (Å²) in [4.78, 5) is 23.7. The average molecular weight is 421 g/mol. The van der Waals surface area contributed by atoms with Crippen molar-refractivity contribution >= 4 is 33.2 Å². The van der Waals surface area contributed by atoms with Crippen LogP contribution in [-0.2, 0) is 9.59 Å². The minimum Gasteiger partial charge on any atom is -0.481 e. The molecule has 0 aliphatic heterocycles. The molecule has 1 saturated carbocycles. The zero-order valence-corrected chi connectivity index (χ0v) is 17.4. The first-order chi connectivity index (χ1) is 14.0. The molecule has 0 amide bonds. The number of aliphatic hydroxyl groups excluding tert-OH is 1. The number of hydrogen-bond donors (Lipinski definition) is 2. The molecule has 1 heterocycles. The number of alkyl halides is 1. The highest BCUT2D eigenvalue weighted by atomic mass is 32.1. The summed E-state index contributed by atoms with van der Waals surface area (Å²) in [6, 6.07) is 9.97. The summed E-state index contributed by atoms with van der Waals surface area (Å²) in [5, 5.41) is 20.4. The highest BCUT2D eigenvalue weighted by molar-refractivity contribution is 7.19. The molecule has 2 N–H and O–H groups in total. The van der Waals surface area contributed by atoms with Crippen LogP contribution in [0.5, 0.6) is 0 Å². The van der Waals surface area contributed by atoms with E-state index < -0.39 is 18.2 Å². The van der Waals surface area contributed by atoms with Gasteiger partial charge < -0.3 is 10.2 Å². The van der Waals surface area contributed by atoms with E-state index in [4.69, 9.17) is 5.11 Å². The topological polar surface area (TPSA) is 74.6 Å². The van der Waals surface area contributed by atoms with E-state index in [0.29, 0.717) is 25.7 Å². The number of Topliss-reactive ketones (excluding diaryl/α,β-unsaturated/α-hetero) is 1. The Morgan fingerprint density at radius 3 is 2.69 bits per heavy atom. The van der Waals surface area contributed by atoms with Crippen molar-refractivity contribution in [2.75, 3.05) is 0 Å². The number of ketones is 1. The van der Waals surface area contributed by atoms with Crippen molar-refractivity contribution in [1.82, 2.24) is 0 Å². The van der Waals surface area contributed by atoms with Crippen molar-refractivity contribution < 1.29 is 24.2 Å². The third-order valence-electron chi connectivity index (χ3n) is 5.99. The van der Waals surface area contributed by atoms with Crippen molar-refractivity contribution in [3.63, 3.8) is 0 Å². The van der Waals surface area contributed by atoms with Crippen LogP contribution in [-0.4, -0.2) is 28.1 Å². The third-order valence-corrected chi connectivity index (χ3v) is 7.21. The summed E-state index contributed by atoms with van der Waals surface area (Å²) in [5.74, 6) is -1.36. The number of carbonyl (C=O) groups excluding carboxylic acids is 1. The van der Waals surface area contributed by atoms with Gasteiger partial charge >= 0.3 is 5.97 Å². The van der Waals surface area contributed by atoms with E-state index in [1.807, 2.05) is 30.3 Å². The number of halogens is 1. The van der Waals surface area contributed by atoms with Gasteiger partial charge in [0, 0.05) is 34.3 Å². The molecule has 29 heavy (non-hydrogen) atoms. The molecule has 0 spiro atoms. The van der Waals surface area contributed by atoms with Gasteiger partial charge in [-0.2, -0.15) is 0 Å². The summed E-state index contributed by atoms with van der Waals surface area (Å²) in [6.07, 6.45) is 3.19. The molecule has 1 aromatic heterocycles. The average Bonchev–Trinajstić information content (AvgIpc) is 3.23. The fraction of sp³-hybridized carbons (Fsp3) is 0.565. The van der Waals surface area contributed by atoms with Gasteiger partial charge in [-0.3, -0.25) is 9.59 Å². The molecule has 158 valence electrons. The first-order valence-electron chi connectivity index (χ1n) is 10.5. The van der Waals surface area contributed by atoms with Gasteiger partial charge in [-0.15, -0.1) is 11.3 Å². The van der Waals surface area contributed by atoms with Crippen LogP contribution in [0.3, 0.4) is 0 Å². The van der Waals surface area contributed by atoms with Crippen LogP contribution in [0.25, 0.3) is 10.1 Å². The Hall–Kier alpha value is -1.79. The van der Waals surface area contributed by atoms with E-state index >= 15 is 0 Å².